The number of carboxylic acid groups (broad SMARTS) is 1. The first-order chi connectivity index (χ1) is 22.2. The topological polar surface area (TPSA) is 214 Å². The number of nitrogens with one attached hydrogen (secondary N) is 6. The van der Waals surface area contributed by atoms with Crippen LogP contribution in [0.25, 0.3) is 21.8 Å². The Bertz CT molecular complexity index is 1890. The second-order valence-corrected chi connectivity index (χ2v) is 10.7. The standard InChI is InChI=1S/C32H33N9O5/c1-2-38-41(17-29(42)39-28(32(45)46)12-20-15-36-26-10-6-4-8-23(20)26)31(44)27(11-19-14-35-25-9-5-3-7-22(19)25)40-30(43)24(33)13-21-16-34-18-37-21/h1,3-10,14-16,18,24,27-28,35-36,38H,11-13,17,33H2,(H,34,37)(H,39,42)(H,40,43)(H,45,46)/t24-,27+,28-/m0/s1. The lowest BCUT2D eigenvalue weighted by molar-refractivity contribution is -0.144. The van der Waals surface area contributed by atoms with Gasteiger partial charge in [0, 0.05) is 65.7 Å². The minimum Gasteiger partial charge on any atom is -0.480 e. The number of nitrogens with zero attached hydrogens (tertiary/aromatic N) is 2. The molecule has 9 N–H and O–H groups in total. The van der Waals surface area contributed by atoms with E-state index in [1.807, 2.05) is 48.5 Å². The maximum absolute atomic E-state index is 13.9. The number of aliphatic carboxylic acids is 1. The van der Waals surface area contributed by atoms with Gasteiger partial charge in [-0.15, -0.1) is 0 Å². The number of hydrogen-bond donors (Lipinski definition) is 8. The first-order valence-electron chi connectivity index (χ1n) is 14.4. The molecule has 0 aliphatic heterocycles. The Morgan fingerprint density at radius 3 is 2.07 bits per heavy atom. The van der Waals surface area contributed by atoms with Gasteiger partial charge in [0.2, 0.25) is 11.8 Å². The summed E-state index contributed by atoms with van der Waals surface area (Å²) >= 11 is 0. The summed E-state index contributed by atoms with van der Waals surface area (Å²) in [6, 6.07) is 13.5. The maximum Gasteiger partial charge on any atom is 0.326 e. The van der Waals surface area contributed by atoms with Crippen molar-refractivity contribution in [3.05, 3.63) is 90.3 Å². The molecule has 3 amide bonds. The number of H-pyrrole nitrogens is 3. The van der Waals surface area contributed by atoms with Crippen molar-refractivity contribution in [2.45, 2.75) is 37.4 Å². The molecule has 0 aliphatic carbocycles. The molecule has 0 fully saturated rings. The smallest absolute Gasteiger partial charge is 0.326 e. The monoisotopic (exact) mass is 623 g/mol. The number of hydrazine groups is 1. The fraction of sp³-hybridized carbons (Fsp3) is 0.219. The molecule has 3 atom stereocenters. The van der Waals surface area contributed by atoms with Crippen LogP contribution in [0.4, 0.5) is 0 Å². The van der Waals surface area contributed by atoms with Crippen molar-refractivity contribution in [1.29, 1.82) is 0 Å². The molecule has 46 heavy (non-hydrogen) atoms. The van der Waals surface area contributed by atoms with Crippen molar-refractivity contribution >= 4 is 45.5 Å². The zero-order valence-electron chi connectivity index (χ0n) is 24.6. The van der Waals surface area contributed by atoms with E-state index < -0.39 is 48.4 Å². The average Bonchev–Trinajstić information content (AvgIpc) is 3.81. The number of nitrogens with two attached hydrogens (primary N) is 1. The molecule has 14 heteroatoms. The molecule has 236 valence electrons. The summed E-state index contributed by atoms with van der Waals surface area (Å²) in [5.41, 5.74) is 12.2. The number of fused-ring (bicyclic) bond motifs is 2. The molecule has 0 saturated heterocycles. The van der Waals surface area contributed by atoms with E-state index >= 15 is 0 Å². The van der Waals surface area contributed by atoms with E-state index in [0.717, 1.165) is 32.4 Å². The Hall–Kier alpha value is -6.07. The van der Waals surface area contributed by atoms with Gasteiger partial charge in [-0.2, -0.15) is 0 Å². The van der Waals surface area contributed by atoms with Gasteiger partial charge in [0.15, 0.2) is 0 Å². The van der Waals surface area contributed by atoms with E-state index in [0.29, 0.717) is 11.3 Å². The zero-order valence-corrected chi connectivity index (χ0v) is 24.6. The lowest BCUT2D eigenvalue weighted by Crippen LogP contribution is -2.58. The molecule has 14 nitrogen and oxygen atoms in total. The molecule has 5 aromatic rings. The van der Waals surface area contributed by atoms with Crippen molar-refractivity contribution in [1.82, 2.24) is 41.0 Å². The van der Waals surface area contributed by atoms with Crippen LogP contribution in [0.5, 0.6) is 0 Å². The molecular weight excluding hydrogens is 590 g/mol. The van der Waals surface area contributed by atoms with Crippen molar-refractivity contribution in [3.8, 4) is 12.5 Å². The molecule has 0 spiro atoms. The van der Waals surface area contributed by atoms with Crippen molar-refractivity contribution in [3.63, 3.8) is 0 Å². The number of carbonyl (C=O) groups excluding carboxylic acids is 3. The number of terminal acetylenes is 1. The molecule has 3 heterocycles. The Morgan fingerprint density at radius 2 is 1.50 bits per heavy atom. The second-order valence-electron chi connectivity index (χ2n) is 10.7. The first-order valence-corrected chi connectivity index (χ1v) is 14.4. The van der Waals surface area contributed by atoms with E-state index in [4.69, 9.17) is 12.2 Å². The predicted octanol–water partition coefficient (Wildman–Crippen LogP) is 0.706. The highest BCUT2D eigenvalue weighted by Gasteiger charge is 2.31. The Balaban J connectivity index is 1.33. The quantitative estimate of drug-likeness (QED) is 0.0500. The van der Waals surface area contributed by atoms with Gasteiger partial charge in [-0.1, -0.05) is 42.8 Å². The third-order valence-electron chi connectivity index (χ3n) is 7.53. The summed E-state index contributed by atoms with van der Waals surface area (Å²) in [4.78, 5) is 65.5. The van der Waals surface area contributed by atoms with Gasteiger partial charge in [0.1, 0.15) is 18.6 Å². The van der Waals surface area contributed by atoms with Gasteiger partial charge in [-0.05, 0) is 23.3 Å². The average molecular weight is 624 g/mol. The number of imidazole rings is 1. The van der Waals surface area contributed by atoms with E-state index in [-0.39, 0.29) is 19.3 Å². The molecule has 0 radical (unpaired) electrons. The molecule has 0 bridgehead atoms. The summed E-state index contributed by atoms with van der Waals surface area (Å²) < 4.78 is 0. The maximum atomic E-state index is 13.9. The highest BCUT2D eigenvalue weighted by Crippen LogP contribution is 2.21. The van der Waals surface area contributed by atoms with Crippen LogP contribution in [0.3, 0.4) is 0 Å². The summed E-state index contributed by atoms with van der Waals surface area (Å²) in [5.74, 6) is -3.38. The number of para-hydroxylation sites is 2. The fourth-order valence-electron chi connectivity index (χ4n) is 5.26. The largest absolute Gasteiger partial charge is 0.480 e. The summed E-state index contributed by atoms with van der Waals surface area (Å²) in [6.07, 6.45) is 12.1. The third-order valence-corrected chi connectivity index (χ3v) is 7.53. The molecule has 0 unspecified atom stereocenters. The minimum atomic E-state index is -1.30. The van der Waals surface area contributed by atoms with Gasteiger partial charge < -0.3 is 36.4 Å². The van der Waals surface area contributed by atoms with Gasteiger partial charge in [-0.3, -0.25) is 19.8 Å². The highest BCUT2D eigenvalue weighted by atomic mass is 16.4. The number of carboxylic acids is 1. The molecular formula is C32H33N9O5. The van der Waals surface area contributed by atoms with E-state index in [9.17, 15) is 24.3 Å². The normalized spacial score (nSPS) is 13.0. The Morgan fingerprint density at radius 1 is 0.891 bits per heavy atom. The van der Waals surface area contributed by atoms with E-state index in [1.54, 1.807) is 18.6 Å². The van der Waals surface area contributed by atoms with Crippen molar-refractivity contribution in [2.75, 3.05) is 6.54 Å². The first kappa shape index (κ1) is 31.4. The Kier molecular flexibility index (Phi) is 9.64. The fourth-order valence-corrected chi connectivity index (χ4v) is 5.26. The SMILES string of the molecule is C#CNN(CC(=O)N[C@@H](Cc1c[nH]c2ccccc12)C(=O)O)C(=O)[C@@H](Cc1c[nH]c2ccccc12)NC(=O)[C@@H](N)Cc1c[nH]cn1. The number of benzene rings is 2. The van der Waals surface area contributed by atoms with E-state index in [1.165, 1.54) is 6.33 Å². The van der Waals surface area contributed by atoms with Crippen LogP contribution in [-0.4, -0.2) is 78.4 Å². The third kappa shape index (κ3) is 7.34. The molecule has 3 aromatic heterocycles. The van der Waals surface area contributed by atoms with Gasteiger partial charge in [-0.25, -0.2) is 14.8 Å². The van der Waals surface area contributed by atoms with Crippen LogP contribution in [-0.2, 0) is 38.4 Å². The number of hydrogen-bond acceptors (Lipinski definition) is 7. The van der Waals surface area contributed by atoms with Crippen LogP contribution >= 0.6 is 0 Å². The summed E-state index contributed by atoms with van der Waals surface area (Å²) in [7, 11) is 0. The number of amides is 3. The van der Waals surface area contributed by atoms with Gasteiger partial charge in [0.25, 0.3) is 5.91 Å². The van der Waals surface area contributed by atoms with Crippen LogP contribution in [0.2, 0.25) is 0 Å². The Labute approximate surface area is 263 Å². The van der Waals surface area contributed by atoms with Crippen molar-refractivity contribution < 1.29 is 24.3 Å². The minimum absolute atomic E-state index is 0.00522. The number of aromatic amines is 3. The lowest BCUT2D eigenvalue weighted by Gasteiger charge is -2.27. The zero-order chi connectivity index (χ0) is 32.6. The number of carbonyl (C=O) groups is 4. The molecule has 0 aliphatic rings. The van der Waals surface area contributed by atoms with Crippen molar-refractivity contribution in [2.24, 2.45) is 5.73 Å². The summed E-state index contributed by atoms with van der Waals surface area (Å²) in [5, 5.41) is 17.6. The molecule has 5 rings (SSSR count). The number of aromatic nitrogens is 4. The van der Waals surface area contributed by atoms with Crippen LogP contribution in [0.1, 0.15) is 16.8 Å². The second kappa shape index (κ2) is 14.1. The molecule has 2 aromatic carbocycles. The number of rotatable bonds is 14. The van der Waals surface area contributed by atoms with Gasteiger partial charge in [0.05, 0.1) is 18.1 Å². The predicted molar refractivity (Wildman–Crippen MR) is 169 cm³/mol. The summed E-state index contributed by atoms with van der Waals surface area (Å²) in [6.45, 7) is -0.639. The van der Waals surface area contributed by atoms with Crippen LogP contribution < -0.4 is 21.8 Å². The van der Waals surface area contributed by atoms with Crippen LogP contribution in [0.15, 0.2) is 73.4 Å². The van der Waals surface area contributed by atoms with Gasteiger partial charge >= 0.3 is 5.97 Å². The highest BCUT2D eigenvalue weighted by molar-refractivity contribution is 5.94. The molecule has 0 saturated carbocycles. The lowest BCUT2D eigenvalue weighted by atomic mass is 10.0. The van der Waals surface area contributed by atoms with Crippen LogP contribution in [0, 0.1) is 12.5 Å². The van der Waals surface area contributed by atoms with E-state index in [2.05, 4.69) is 42.0 Å².